The molecule has 0 aliphatic heterocycles. The van der Waals surface area contributed by atoms with E-state index >= 15 is 0 Å². The van der Waals surface area contributed by atoms with E-state index in [9.17, 15) is 0 Å². The quantitative estimate of drug-likeness (QED) is 0.688. The summed E-state index contributed by atoms with van der Waals surface area (Å²) in [7, 11) is 2.20. The molecule has 0 aromatic carbocycles. The van der Waals surface area contributed by atoms with Gasteiger partial charge in [-0.2, -0.15) is 0 Å². The third-order valence-corrected chi connectivity index (χ3v) is 3.34. The maximum Gasteiger partial charge on any atom is 0.0147 e. The Kier molecular flexibility index (Phi) is 5.57. The summed E-state index contributed by atoms with van der Waals surface area (Å²) in [5.41, 5.74) is 6.00. The SMILES string of the molecule is CCC(CN)CN(C)C(C)(C)CC. The summed E-state index contributed by atoms with van der Waals surface area (Å²) in [4.78, 5) is 2.42. The molecule has 0 rings (SSSR count). The number of hydrogen-bond acceptors (Lipinski definition) is 2. The molecule has 0 fully saturated rings. The van der Waals surface area contributed by atoms with Crippen molar-refractivity contribution in [3.05, 3.63) is 0 Å². The summed E-state index contributed by atoms with van der Waals surface area (Å²) in [6.07, 6.45) is 2.37. The van der Waals surface area contributed by atoms with Gasteiger partial charge in [0.25, 0.3) is 0 Å². The minimum Gasteiger partial charge on any atom is -0.330 e. The van der Waals surface area contributed by atoms with Gasteiger partial charge in [0.15, 0.2) is 0 Å². The first-order valence-corrected chi connectivity index (χ1v) is 5.39. The zero-order valence-corrected chi connectivity index (χ0v) is 9.93. The minimum absolute atomic E-state index is 0.308. The highest BCUT2D eigenvalue weighted by Gasteiger charge is 2.22. The van der Waals surface area contributed by atoms with Gasteiger partial charge in [0.2, 0.25) is 0 Å². The first-order valence-electron chi connectivity index (χ1n) is 5.39. The summed E-state index contributed by atoms with van der Waals surface area (Å²) < 4.78 is 0. The molecule has 0 saturated carbocycles. The normalized spacial score (nSPS) is 15.0. The van der Waals surface area contributed by atoms with Gasteiger partial charge in [-0.25, -0.2) is 0 Å². The van der Waals surface area contributed by atoms with Gasteiger partial charge in [0.05, 0.1) is 0 Å². The van der Waals surface area contributed by atoms with Crippen LogP contribution in [0.15, 0.2) is 0 Å². The summed E-state index contributed by atoms with van der Waals surface area (Å²) >= 11 is 0. The minimum atomic E-state index is 0.308. The molecule has 0 aromatic rings. The lowest BCUT2D eigenvalue weighted by Gasteiger charge is -2.36. The Morgan fingerprint density at radius 2 is 1.85 bits per heavy atom. The molecule has 0 radical (unpaired) electrons. The molecule has 0 spiro atoms. The third kappa shape index (κ3) is 4.10. The largest absolute Gasteiger partial charge is 0.330 e. The monoisotopic (exact) mass is 186 g/mol. The highest BCUT2D eigenvalue weighted by Crippen LogP contribution is 2.18. The lowest BCUT2D eigenvalue weighted by molar-refractivity contribution is 0.128. The summed E-state index contributed by atoms with van der Waals surface area (Å²) in [6.45, 7) is 10.9. The van der Waals surface area contributed by atoms with Gasteiger partial charge in [0.1, 0.15) is 0 Å². The first-order chi connectivity index (χ1) is 5.97. The van der Waals surface area contributed by atoms with Crippen molar-refractivity contribution in [2.75, 3.05) is 20.1 Å². The molecule has 2 nitrogen and oxygen atoms in total. The highest BCUT2D eigenvalue weighted by molar-refractivity contribution is 4.79. The van der Waals surface area contributed by atoms with E-state index in [4.69, 9.17) is 5.73 Å². The predicted molar refractivity (Wildman–Crippen MR) is 59.8 cm³/mol. The summed E-state index contributed by atoms with van der Waals surface area (Å²) in [5, 5.41) is 0. The second-order valence-electron chi connectivity index (χ2n) is 4.56. The van der Waals surface area contributed by atoms with Crippen LogP contribution in [0.3, 0.4) is 0 Å². The van der Waals surface area contributed by atoms with Gasteiger partial charge in [-0.15, -0.1) is 0 Å². The molecule has 0 aliphatic carbocycles. The Hall–Kier alpha value is -0.0800. The second-order valence-corrected chi connectivity index (χ2v) is 4.56. The molecule has 0 amide bonds. The molecule has 0 heterocycles. The fraction of sp³-hybridized carbons (Fsp3) is 1.00. The van der Waals surface area contributed by atoms with Crippen molar-refractivity contribution in [1.82, 2.24) is 4.90 Å². The smallest absolute Gasteiger partial charge is 0.0147 e. The van der Waals surface area contributed by atoms with E-state index in [1.165, 1.54) is 12.8 Å². The Labute approximate surface area is 83.5 Å². The van der Waals surface area contributed by atoms with Gasteiger partial charge in [0, 0.05) is 12.1 Å². The van der Waals surface area contributed by atoms with Crippen LogP contribution in [-0.4, -0.2) is 30.6 Å². The maximum atomic E-state index is 5.69. The van der Waals surface area contributed by atoms with Gasteiger partial charge in [-0.1, -0.05) is 20.3 Å². The Balaban J connectivity index is 4.04. The van der Waals surface area contributed by atoms with E-state index in [1.807, 2.05) is 0 Å². The number of nitrogens with two attached hydrogens (primary N) is 1. The van der Waals surface area contributed by atoms with E-state index in [-0.39, 0.29) is 0 Å². The van der Waals surface area contributed by atoms with Gasteiger partial charge in [-0.05, 0) is 39.8 Å². The molecule has 1 atom stereocenters. The van der Waals surface area contributed by atoms with Crippen molar-refractivity contribution in [2.45, 2.75) is 46.1 Å². The lowest BCUT2D eigenvalue weighted by Crippen LogP contribution is -2.44. The van der Waals surface area contributed by atoms with Gasteiger partial charge < -0.3 is 10.6 Å². The zero-order valence-electron chi connectivity index (χ0n) is 9.93. The summed E-state index contributed by atoms with van der Waals surface area (Å²) in [6, 6.07) is 0. The molecule has 0 aromatic heterocycles. The van der Waals surface area contributed by atoms with Crippen LogP contribution in [0.25, 0.3) is 0 Å². The fourth-order valence-corrected chi connectivity index (χ4v) is 1.27. The van der Waals surface area contributed by atoms with E-state index in [2.05, 4.69) is 39.6 Å². The maximum absolute atomic E-state index is 5.69. The Morgan fingerprint density at radius 3 is 2.15 bits per heavy atom. The fourth-order valence-electron chi connectivity index (χ4n) is 1.27. The van der Waals surface area contributed by atoms with Crippen molar-refractivity contribution >= 4 is 0 Å². The number of rotatable bonds is 6. The molecular weight excluding hydrogens is 160 g/mol. The number of hydrogen-bond donors (Lipinski definition) is 1. The Bertz CT molecular complexity index is 128. The molecule has 0 aliphatic rings. The summed E-state index contributed by atoms with van der Waals surface area (Å²) in [5.74, 6) is 0.649. The Morgan fingerprint density at radius 1 is 1.31 bits per heavy atom. The third-order valence-electron chi connectivity index (χ3n) is 3.34. The van der Waals surface area contributed by atoms with Crippen molar-refractivity contribution in [3.63, 3.8) is 0 Å². The van der Waals surface area contributed by atoms with E-state index < -0.39 is 0 Å². The number of nitrogens with zero attached hydrogens (tertiary/aromatic N) is 1. The molecule has 2 heteroatoms. The van der Waals surface area contributed by atoms with Crippen LogP contribution in [0.2, 0.25) is 0 Å². The van der Waals surface area contributed by atoms with Crippen molar-refractivity contribution in [2.24, 2.45) is 11.7 Å². The molecule has 13 heavy (non-hydrogen) atoms. The van der Waals surface area contributed by atoms with E-state index in [0.717, 1.165) is 13.1 Å². The van der Waals surface area contributed by atoms with Gasteiger partial charge in [-0.3, -0.25) is 0 Å². The van der Waals surface area contributed by atoms with Crippen LogP contribution < -0.4 is 5.73 Å². The van der Waals surface area contributed by atoms with Crippen molar-refractivity contribution in [3.8, 4) is 0 Å². The van der Waals surface area contributed by atoms with Crippen molar-refractivity contribution in [1.29, 1.82) is 0 Å². The highest BCUT2D eigenvalue weighted by atomic mass is 15.2. The molecule has 2 N–H and O–H groups in total. The first kappa shape index (κ1) is 12.9. The molecule has 0 bridgehead atoms. The molecule has 80 valence electrons. The van der Waals surface area contributed by atoms with Crippen LogP contribution >= 0.6 is 0 Å². The second kappa shape index (κ2) is 5.61. The lowest BCUT2D eigenvalue weighted by atomic mass is 9.97. The average molecular weight is 186 g/mol. The van der Waals surface area contributed by atoms with Crippen LogP contribution in [0.5, 0.6) is 0 Å². The molecular formula is C11H26N2. The topological polar surface area (TPSA) is 29.3 Å². The molecule has 0 saturated heterocycles. The van der Waals surface area contributed by atoms with Crippen LogP contribution in [-0.2, 0) is 0 Å². The van der Waals surface area contributed by atoms with E-state index in [0.29, 0.717) is 11.5 Å². The van der Waals surface area contributed by atoms with Crippen LogP contribution in [0.1, 0.15) is 40.5 Å². The van der Waals surface area contributed by atoms with Crippen LogP contribution in [0.4, 0.5) is 0 Å². The van der Waals surface area contributed by atoms with E-state index in [1.54, 1.807) is 0 Å². The molecule has 1 unspecified atom stereocenters. The van der Waals surface area contributed by atoms with Gasteiger partial charge >= 0.3 is 0 Å². The zero-order chi connectivity index (χ0) is 10.5. The average Bonchev–Trinajstić information content (AvgIpc) is 2.13. The standard InChI is InChI=1S/C11H26N2/c1-6-10(8-12)9-13(5)11(3,4)7-2/h10H,6-9,12H2,1-5H3. The van der Waals surface area contributed by atoms with Crippen molar-refractivity contribution < 1.29 is 0 Å². The predicted octanol–water partition coefficient (Wildman–Crippen LogP) is 2.09. The van der Waals surface area contributed by atoms with Crippen LogP contribution in [0, 0.1) is 5.92 Å².